The Balaban J connectivity index is 1.63. The molecule has 3 amide bonds. The smallest absolute Gasteiger partial charge is 0.353 e. The van der Waals surface area contributed by atoms with Gasteiger partial charge in [-0.15, -0.1) is 0 Å². The first-order valence-electron chi connectivity index (χ1n) is 15.4. The van der Waals surface area contributed by atoms with Crippen LogP contribution in [0.1, 0.15) is 55.1 Å². The number of hydroxylamine groups is 2. The van der Waals surface area contributed by atoms with E-state index < -0.39 is 47.4 Å². The van der Waals surface area contributed by atoms with Gasteiger partial charge in [-0.1, -0.05) is 19.1 Å². The van der Waals surface area contributed by atoms with Crippen molar-refractivity contribution >= 4 is 35.4 Å². The average Bonchev–Trinajstić information content (AvgIpc) is 3.50. The molecule has 2 aliphatic heterocycles. The lowest BCUT2D eigenvalue weighted by Crippen LogP contribution is -2.43. The minimum Gasteiger partial charge on any atom is -0.353 e. The van der Waals surface area contributed by atoms with E-state index >= 15 is 8.78 Å². The zero-order valence-corrected chi connectivity index (χ0v) is 26.6. The van der Waals surface area contributed by atoms with Gasteiger partial charge in [0.15, 0.2) is 5.82 Å². The minimum absolute atomic E-state index is 0.0437. The molecule has 1 saturated heterocycles. The molecule has 0 spiro atoms. The lowest BCUT2D eigenvalue weighted by Gasteiger charge is -2.31. The molecule has 0 bridgehead atoms. The van der Waals surface area contributed by atoms with Crippen molar-refractivity contribution in [1.82, 2.24) is 25.2 Å². The number of para-hydroxylation sites is 1. The van der Waals surface area contributed by atoms with Gasteiger partial charge in [0.1, 0.15) is 17.3 Å². The van der Waals surface area contributed by atoms with E-state index in [0.29, 0.717) is 22.7 Å². The molecule has 5 rings (SSSR count). The molecule has 2 aliphatic rings. The van der Waals surface area contributed by atoms with Gasteiger partial charge < -0.3 is 15.5 Å². The summed E-state index contributed by atoms with van der Waals surface area (Å²) in [6.45, 7) is 8.52. The number of amides is 3. The van der Waals surface area contributed by atoms with Gasteiger partial charge in [-0.2, -0.15) is 23.2 Å². The molecule has 0 radical (unpaired) electrons. The van der Waals surface area contributed by atoms with E-state index in [0.717, 1.165) is 49.0 Å². The monoisotopic (exact) mass is 675 g/mol. The SMILES string of the molecule is CCN1CCC[C@H]1CNc1nc(-c2cc(C(=O)N(OC(=O)C(F)(F)F)C(C)C)ccc2C)c2c(n1)N(c1c(F)cccc1F)C(=O)NC2. The van der Waals surface area contributed by atoms with Gasteiger partial charge in [0.25, 0.3) is 5.91 Å². The van der Waals surface area contributed by atoms with Crippen molar-refractivity contribution in [3.63, 3.8) is 0 Å². The summed E-state index contributed by atoms with van der Waals surface area (Å²) >= 11 is 0. The average molecular weight is 676 g/mol. The highest BCUT2D eigenvalue weighted by Crippen LogP contribution is 2.39. The fourth-order valence-electron chi connectivity index (χ4n) is 5.78. The Hall–Kier alpha value is -4.86. The molecular weight excluding hydrogens is 641 g/mol. The third-order valence-electron chi connectivity index (χ3n) is 8.20. The van der Waals surface area contributed by atoms with Crippen LogP contribution in [0.5, 0.6) is 0 Å². The number of nitrogens with zero attached hydrogens (tertiary/aromatic N) is 5. The second kappa shape index (κ2) is 13.7. The zero-order chi connectivity index (χ0) is 34.9. The summed E-state index contributed by atoms with van der Waals surface area (Å²) < 4.78 is 69.2. The minimum atomic E-state index is -5.34. The quantitative estimate of drug-likeness (QED) is 0.225. The van der Waals surface area contributed by atoms with E-state index in [-0.39, 0.29) is 41.2 Å². The predicted molar refractivity (Wildman–Crippen MR) is 165 cm³/mol. The van der Waals surface area contributed by atoms with Crippen LogP contribution < -0.4 is 15.5 Å². The maximum absolute atomic E-state index is 15.1. The number of rotatable bonds is 8. The van der Waals surface area contributed by atoms with Crippen molar-refractivity contribution in [2.24, 2.45) is 0 Å². The van der Waals surface area contributed by atoms with Crippen molar-refractivity contribution in [2.45, 2.75) is 65.3 Å². The van der Waals surface area contributed by atoms with Crippen molar-refractivity contribution in [1.29, 1.82) is 0 Å². The van der Waals surface area contributed by atoms with Crippen molar-refractivity contribution in [2.75, 3.05) is 29.9 Å². The van der Waals surface area contributed by atoms with Crippen LogP contribution in [0.2, 0.25) is 0 Å². The number of fused-ring (bicyclic) bond motifs is 1. The summed E-state index contributed by atoms with van der Waals surface area (Å²) in [6, 6.07) is 5.77. The van der Waals surface area contributed by atoms with Crippen LogP contribution in [0.15, 0.2) is 36.4 Å². The fraction of sp³-hybridized carbons (Fsp3) is 0.406. The lowest BCUT2D eigenvalue weighted by atomic mass is 9.97. The van der Waals surface area contributed by atoms with E-state index in [9.17, 15) is 27.6 Å². The number of hydrogen-bond donors (Lipinski definition) is 2. The van der Waals surface area contributed by atoms with E-state index in [1.807, 2.05) is 6.92 Å². The molecule has 1 fully saturated rings. The highest BCUT2D eigenvalue weighted by atomic mass is 19.4. The van der Waals surface area contributed by atoms with E-state index in [2.05, 4.69) is 25.4 Å². The Morgan fingerprint density at radius 2 is 1.85 bits per heavy atom. The van der Waals surface area contributed by atoms with Gasteiger partial charge in [0.05, 0.1) is 18.3 Å². The molecule has 2 aromatic carbocycles. The van der Waals surface area contributed by atoms with E-state index in [4.69, 9.17) is 4.98 Å². The lowest BCUT2D eigenvalue weighted by molar-refractivity contribution is -0.232. The maximum Gasteiger partial charge on any atom is 0.493 e. The first-order chi connectivity index (χ1) is 22.7. The Morgan fingerprint density at radius 1 is 1.15 bits per heavy atom. The molecule has 3 aromatic rings. The Kier molecular flexibility index (Phi) is 9.84. The van der Waals surface area contributed by atoms with Gasteiger partial charge in [-0.05, 0) is 76.5 Å². The third kappa shape index (κ3) is 6.88. The van der Waals surface area contributed by atoms with Crippen molar-refractivity contribution in [3.05, 3.63) is 64.7 Å². The first kappa shape index (κ1) is 34.5. The van der Waals surface area contributed by atoms with Crippen LogP contribution in [-0.4, -0.2) is 75.7 Å². The van der Waals surface area contributed by atoms with Gasteiger partial charge in [0, 0.05) is 29.3 Å². The number of hydrogen-bond acceptors (Lipinski definition) is 8. The normalized spacial score (nSPS) is 16.5. The van der Waals surface area contributed by atoms with Gasteiger partial charge in [-0.3, -0.25) is 9.69 Å². The molecule has 0 aliphatic carbocycles. The molecular formula is C32H34F5N7O4. The zero-order valence-electron chi connectivity index (χ0n) is 26.6. The van der Waals surface area contributed by atoms with Crippen LogP contribution in [0.3, 0.4) is 0 Å². The fourth-order valence-corrected chi connectivity index (χ4v) is 5.78. The van der Waals surface area contributed by atoms with Crippen LogP contribution in [0.25, 0.3) is 11.3 Å². The Morgan fingerprint density at radius 3 is 2.50 bits per heavy atom. The van der Waals surface area contributed by atoms with E-state index in [1.165, 1.54) is 32.0 Å². The predicted octanol–water partition coefficient (Wildman–Crippen LogP) is 5.86. The summed E-state index contributed by atoms with van der Waals surface area (Å²) in [7, 11) is 0. The highest BCUT2D eigenvalue weighted by Gasteiger charge is 2.44. The Labute approximate surface area is 273 Å². The molecule has 3 heterocycles. The summed E-state index contributed by atoms with van der Waals surface area (Å²) in [6.07, 6.45) is -3.42. The molecule has 1 aromatic heterocycles. The number of likely N-dealkylation sites (tertiary alicyclic amines) is 1. The number of halogens is 5. The number of urea groups is 1. The molecule has 0 saturated carbocycles. The molecule has 1 atom stereocenters. The summed E-state index contributed by atoms with van der Waals surface area (Å²) in [5.74, 6) is -5.67. The van der Waals surface area contributed by atoms with Crippen LogP contribution in [0, 0.1) is 18.6 Å². The van der Waals surface area contributed by atoms with Gasteiger partial charge in [0.2, 0.25) is 5.95 Å². The number of carbonyl (C=O) groups is 3. The van der Waals surface area contributed by atoms with Crippen molar-refractivity contribution in [3.8, 4) is 11.3 Å². The number of carbonyl (C=O) groups excluding carboxylic acids is 3. The number of likely N-dealkylation sites (N-methyl/N-ethyl adjacent to an activating group) is 1. The highest BCUT2D eigenvalue weighted by molar-refractivity contribution is 6.02. The molecule has 11 nitrogen and oxygen atoms in total. The number of nitrogens with one attached hydrogen (secondary N) is 2. The van der Waals surface area contributed by atoms with Crippen LogP contribution in [0.4, 0.5) is 44.2 Å². The molecule has 256 valence electrons. The second-order valence-electron chi connectivity index (χ2n) is 11.7. The number of anilines is 3. The molecule has 48 heavy (non-hydrogen) atoms. The number of benzene rings is 2. The summed E-state index contributed by atoms with van der Waals surface area (Å²) in [4.78, 5) is 55.0. The molecule has 16 heteroatoms. The van der Waals surface area contributed by atoms with Gasteiger partial charge >= 0.3 is 18.2 Å². The topological polar surface area (TPSA) is 120 Å². The second-order valence-corrected chi connectivity index (χ2v) is 11.7. The standard InChI is InChI=1S/C32H34F5N7O4/c1-5-42-13-7-8-20(42)15-38-30-40-25(22-16-39-31(47)43(27(22)41-30)26-23(33)9-6-10-24(26)34)21-14-19(12-11-18(21)4)28(45)44(17(2)3)48-29(46)32(35,36)37/h6,9-12,14,17,20H,5,7-8,13,15-16H2,1-4H3,(H,39,47)(H,38,40,41)/t20-/m0/s1. The maximum atomic E-state index is 15.1. The van der Waals surface area contributed by atoms with Crippen LogP contribution >= 0.6 is 0 Å². The van der Waals surface area contributed by atoms with E-state index in [1.54, 1.807) is 6.92 Å². The summed E-state index contributed by atoms with van der Waals surface area (Å²) in [5, 5.41) is 6.13. The molecule has 0 unspecified atom stereocenters. The summed E-state index contributed by atoms with van der Waals surface area (Å²) in [5.41, 5.74) is 0.542. The van der Waals surface area contributed by atoms with Crippen LogP contribution in [-0.2, 0) is 16.2 Å². The van der Waals surface area contributed by atoms with Crippen molar-refractivity contribution < 1.29 is 41.2 Å². The van der Waals surface area contributed by atoms with Gasteiger partial charge in [-0.25, -0.2) is 28.3 Å². The molecule has 2 N–H and O–H groups in total. The number of alkyl halides is 3. The first-order valence-corrected chi connectivity index (χ1v) is 15.4. The third-order valence-corrected chi connectivity index (χ3v) is 8.20. The Bertz CT molecular complexity index is 1720. The number of aromatic nitrogens is 2. The largest absolute Gasteiger partial charge is 0.493 e. The number of aryl methyl sites for hydroxylation is 1.